The van der Waals surface area contributed by atoms with Crippen LogP contribution in [0, 0.1) is 0 Å². The number of likely N-dealkylation sites (tertiary alicyclic amines) is 1. The fourth-order valence-corrected chi connectivity index (χ4v) is 3.89. The first-order valence-electron chi connectivity index (χ1n) is 9.95. The van der Waals surface area contributed by atoms with Gasteiger partial charge in [-0.25, -0.2) is 0 Å². The summed E-state index contributed by atoms with van der Waals surface area (Å²) in [5.74, 6) is 0.963. The van der Waals surface area contributed by atoms with Crippen molar-refractivity contribution in [3.63, 3.8) is 0 Å². The average molecular weight is 392 g/mol. The SMILES string of the molecule is CC(=O)Nc1cc2ccccc2nc1C1CCN(C(=O)CCc2ccno2)CC1. The third kappa shape index (κ3) is 4.45. The summed E-state index contributed by atoms with van der Waals surface area (Å²) in [7, 11) is 0. The summed E-state index contributed by atoms with van der Waals surface area (Å²) < 4.78 is 5.06. The zero-order chi connectivity index (χ0) is 20.2. The molecule has 7 heteroatoms. The van der Waals surface area contributed by atoms with E-state index in [4.69, 9.17) is 9.51 Å². The molecule has 1 aliphatic heterocycles. The predicted molar refractivity (Wildman–Crippen MR) is 109 cm³/mol. The summed E-state index contributed by atoms with van der Waals surface area (Å²) in [4.78, 5) is 31.0. The minimum Gasteiger partial charge on any atom is -0.361 e. The Labute approximate surface area is 169 Å². The van der Waals surface area contributed by atoms with Crippen molar-refractivity contribution >= 4 is 28.4 Å². The van der Waals surface area contributed by atoms with E-state index in [0.717, 1.165) is 40.9 Å². The average Bonchev–Trinajstić information content (AvgIpc) is 3.25. The minimum absolute atomic E-state index is 0.108. The zero-order valence-corrected chi connectivity index (χ0v) is 16.4. The van der Waals surface area contributed by atoms with Gasteiger partial charge in [-0.2, -0.15) is 0 Å². The Hall–Kier alpha value is -3.22. The van der Waals surface area contributed by atoms with Crippen LogP contribution < -0.4 is 5.32 Å². The van der Waals surface area contributed by atoms with Gasteiger partial charge in [-0.15, -0.1) is 0 Å². The van der Waals surface area contributed by atoms with E-state index in [2.05, 4.69) is 10.5 Å². The first-order chi connectivity index (χ1) is 14.1. The monoisotopic (exact) mass is 392 g/mol. The summed E-state index contributed by atoms with van der Waals surface area (Å²) in [6.45, 7) is 2.89. The van der Waals surface area contributed by atoms with Crippen molar-refractivity contribution in [3.8, 4) is 0 Å². The largest absolute Gasteiger partial charge is 0.361 e. The number of aromatic nitrogens is 2. The van der Waals surface area contributed by atoms with Gasteiger partial charge < -0.3 is 14.7 Å². The summed E-state index contributed by atoms with van der Waals surface area (Å²) in [6, 6.07) is 11.7. The number of para-hydroxylation sites is 1. The van der Waals surface area contributed by atoms with Gasteiger partial charge in [0.1, 0.15) is 5.76 Å². The minimum atomic E-state index is -0.108. The molecule has 0 spiro atoms. The number of hydrogen-bond donors (Lipinski definition) is 1. The van der Waals surface area contributed by atoms with Gasteiger partial charge in [0.25, 0.3) is 0 Å². The van der Waals surface area contributed by atoms with Crippen LogP contribution in [0.1, 0.15) is 43.6 Å². The molecule has 0 unspecified atom stereocenters. The first-order valence-corrected chi connectivity index (χ1v) is 9.95. The van der Waals surface area contributed by atoms with E-state index in [0.29, 0.717) is 25.9 Å². The van der Waals surface area contributed by atoms with Crippen molar-refractivity contribution < 1.29 is 14.1 Å². The van der Waals surface area contributed by atoms with E-state index in [-0.39, 0.29) is 17.7 Å². The Morgan fingerprint density at radius 3 is 2.72 bits per heavy atom. The molecule has 1 N–H and O–H groups in total. The van der Waals surface area contributed by atoms with E-state index in [1.165, 1.54) is 6.92 Å². The predicted octanol–water partition coefficient (Wildman–Crippen LogP) is 3.52. The Morgan fingerprint density at radius 1 is 1.21 bits per heavy atom. The maximum atomic E-state index is 12.5. The van der Waals surface area contributed by atoms with Gasteiger partial charge in [0.15, 0.2) is 0 Å². The number of hydrogen-bond acceptors (Lipinski definition) is 5. The lowest BCUT2D eigenvalue weighted by Gasteiger charge is -2.32. The Bertz CT molecular complexity index is 1010. The van der Waals surface area contributed by atoms with Gasteiger partial charge in [0.05, 0.1) is 23.1 Å². The number of anilines is 1. The van der Waals surface area contributed by atoms with Gasteiger partial charge >= 0.3 is 0 Å². The van der Waals surface area contributed by atoms with Crippen molar-refractivity contribution in [2.45, 2.75) is 38.5 Å². The number of nitrogens with zero attached hydrogens (tertiary/aromatic N) is 3. The number of nitrogens with one attached hydrogen (secondary N) is 1. The van der Waals surface area contributed by atoms with Gasteiger partial charge in [-0.3, -0.25) is 14.6 Å². The molecule has 150 valence electrons. The molecule has 1 saturated heterocycles. The van der Waals surface area contributed by atoms with Crippen LogP contribution in [0.25, 0.3) is 10.9 Å². The van der Waals surface area contributed by atoms with Crippen LogP contribution in [-0.2, 0) is 16.0 Å². The van der Waals surface area contributed by atoms with Crippen molar-refractivity contribution in [2.24, 2.45) is 0 Å². The lowest BCUT2D eigenvalue weighted by Crippen LogP contribution is -2.38. The van der Waals surface area contributed by atoms with E-state index in [9.17, 15) is 9.59 Å². The third-order valence-electron chi connectivity index (χ3n) is 5.38. The number of carbonyl (C=O) groups is 2. The van der Waals surface area contributed by atoms with Crippen LogP contribution in [0.3, 0.4) is 0 Å². The summed E-state index contributed by atoms with van der Waals surface area (Å²) in [6.07, 6.45) is 4.23. The number of piperidine rings is 1. The fraction of sp³-hybridized carbons (Fsp3) is 0.364. The third-order valence-corrected chi connectivity index (χ3v) is 5.38. The molecule has 1 aromatic carbocycles. The molecule has 2 amide bonds. The highest BCUT2D eigenvalue weighted by molar-refractivity contribution is 5.93. The van der Waals surface area contributed by atoms with Gasteiger partial charge in [-0.05, 0) is 25.0 Å². The molecule has 3 heterocycles. The Morgan fingerprint density at radius 2 is 2.00 bits per heavy atom. The highest BCUT2D eigenvalue weighted by Crippen LogP contribution is 2.34. The quantitative estimate of drug-likeness (QED) is 0.718. The highest BCUT2D eigenvalue weighted by atomic mass is 16.5. The van der Waals surface area contributed by atoms with Crippen LogP contribution in [0.15, 0.2) is 47.1 Å². The van der Waals surface area contributed by atoms with Crippen molar-refractivity contribution in [3.05, 3.63) is 54.0 Å². The summed E-state index contributed by atoms with van der Waals surface area (Å²) in [5.41, 5.74) is 2.60. The molecule has 0 aliphatic carbocycles. The molecule has 0 atom stereocenters. The van der Waals surface area contributed by atoms with E-state index >= 15 is 0 Å². The van der Waals surface area contributed by atoms with Crippen LogP contribution in [0.5, 0.6) is 0 Å². The Balaban J connectivity index is 1.45. The molecular weight excluding hydrogens is 368 g/mol. The molecule has 2 aromatic heterocycles. The first kappa shape index (κ1) is 19.1. The molecule has 29 heavy (non-hydrogen) atoms. The maximum absolute atomic E-state index is 12.5. The molecule has 1 aliphatic rings. The lowest BCUT2D eigenvalue weighted by molar-refractivity contribution is -0.132. The summed E-state index contributed by atoms with van der Waals surface area (Å²) in [5, 5.41) is 7.60. The van der Waals surface area contributed by atoms with Crippen molar-refractivity contribution in [1.29, 1.82) is 0 Å². The second kappa shape index (κ2) is 8.43. The van der Waals surface area contributed by atoms with Crippen LogP contribution in [0.4, 0.5) is 5.69 Å². The number of carbonyl (C=O) groups excluding carboxylic acids is 2. The smallest absolute Gasteiger partial charge is 0.223 e. The number of benzene rings is 1. The van der Waals surface area contributed by atoms with Gasteiger partial charge in [-0.1, -0.05) is 23.4 Å². The van der Waals surface area contributed by atoms with E-state index in [1.54, 1.807) is 12.3 Å². The van der Waals surface area contributed by atoms with Gasteiger partial charge in [0, 0.05) is 50.2 Å². The molecule has 7 nitrogen and oxygen atoms in total. The van der Waals surface area contributed by atoms with Crippen molar-refractivity contribution in [1.82, 2.24) is 15.0 Å². The molecule has 4 rings (SSSR count). The van der Waals surface area contributed by atoms with Crippen molar-refractivity contribution in [2.75, 3.05) is 18.4 Å². The number of pyridine rings is 1. The molecule has 0 bridgehead atoms. The topological polar surface area (TPSA) is 88.3 Å². The number of aryl methyl sites for hydroxylation is 1. The second-order valence-corrected chi connectivity index (χ2v) is 7.43. The lowest BCUT2D eigenvalue weighted by atomic mass is 9.91. The van der Waals surface area contributed by atoms with E-state index < -0.39 is 0 Å². The molecule has 3 aromatic rings. The number of amides is 2. The number of rotatable bonds is 5. The van der Waals surface area contributed by atoms with Crippen LogP contribution in [0.2, 0.25) is 0 Å². The summed E-state index contributed by atoms with van der Waals surface area (Å²) >= 11 is 0. The van der Waals surface area contributed by atoms with E-state index in [1.807, 2.05) is 35.2 Å². The van der Waals surface area contributed by atoms with Gasteiger partial charge in [0.2, 0.25) is 11.8 Å². The number of fused-ring (bicyclic) bond motifs is 1. The van der Waals surface area contributed by atoms with Crippen LogP contribution >= 0.6 is 0 Å². The normalized spacial score (nSPS) is 14.9. The standard InChI is InChI=1S/C22H24N4O3/c1-15(27)24-20-14-17-4-2-3-5-19(17)25-22(20)16-9-12-26(13-10-16)21(28)7-6-18-8-11-23-29-18/h2-5,8,11,14,16H,6-7,9-10,12-13H2,1H3,(H,24,27). The Kier molecular flexibility index (Phi) is 5.55. The molecular formula is C22H24N4O3. The fourth-order valence-electron chi connectivity index (χ4n) is 3.89. The molecule has 0 radical (unpaired) electrons. The molecule has 0 saturated carbocycles. The second-order valence-electron chi connectivity index (χ2n) is 7.43. The zero-order valence-electron chi connectivity index (χ0n) is 16.4. The van der Waals surface area contributed by atoms with Crippen LogP contribution in [-0.4, -0.2) is 39.9 Å². The highest BCUT2D eigenvalue weighted by Gasteiger charge is 2.27. The molecule has 1 fully saturated rings. The maximum Gasteiger partial charge on any atom is 0.223 e.